The van der Waals surface area contributed by atoms with Gasteiger partial charge in [-0.15, -0.1) is 0 Å². The van der Waals surface area contributed by atoms with E-state index in [1.165, 1.54) is 18.9 Å². The highest BCUT2D eigenvalue weighted by atomic mass is 28.4. The van der Waals surface area contributed by atoms with Gasteiger partial charge in [-0.25, -0.2) is 0 Å². The molecule has 1 fully saturated rings. The summed E-state index contributed by atoms with van der Waals surface area (Å²) in [6.07, 6.45) is 2.65. The van der Waals surface area contributed by atoms with Crippen LogP contribution in [0.1, 0.15) is 12.8 Å². The summed E-state index contributed by atoms with van der Waals surface area (Å²) in [6.45, 7) is 7.30. The zero-order valence-corrected chi connectivity index (χ0v) is 11.5. The molecule has 1 rings (SSSR count). The Balaban J connectivity index is 2.84. The maximum atomic E-state index is 5.74. The van der Waals surface area contributed by atoms with Crippen LogP contribution in [0.15, 0.2) is 0 Å². The topological polar surface area (TPSA) is 18.5 Å². The van der Waals surface area contributed by atoms with Crippen molar-refractivity contribution in [3.8, 4) is 0 Å². The van der Waals surface area contributed by atoms with E-state index < -0.39 is 16.6 Å². The fourth-order valence-electron chi connectivity index (χ4n) is 2.61. The second-order valence-corrected chi connectivity index (χ2v) is 14.7. The van der Waals surface area contributed by atoms with Crippen LogP contribution in [0, 0.1) is 0 Å². The van der Waals surface area contributed by atoms with Crippen LogP contribution in [0.4, 0.5) is 0 Å². The molecule has 0 bridgehead atoms. The molecule has 1 atom stereocenters. The molecule has 0 spiro atoms. The van der Waals surface area contributed by atoms with E-state index in [2.05, 4.69) is 19.6 Å². The largest absolute Gasteiger partial charge is 0.398 e. The summed E-state index contributed by atoms with van der Waals surface area (Å²) in [5.41, 5.74) is 0. The lowest BCUT2D eigenvalue weighted by molar-refractivity contribution is 0.245. The molecule has 2 nitrogen and oxygen atoms in total. The predicted octanol–water partition coefficient (Wildman–Crippen LogP) is 2.76. The Labute approximate surface area is 83.9 Å². The smallest absolute Gasteiger partial charge is 0.338 e. The monoisotopic (exact) mass is 218 g/mol. The molecule has 0 aromatic heterocycles. The molecule has 1 saturated heterocycles. The van der Waals surface area contributed by atoms with Crippen molar-refractivity contribution in [1.29, 1.82) is 0 Å². The van der Waals surface area contributed by atoms with Gasteiger partial charge in [0.2, 0.25) is 0 Å². The Morgan fingerprint density at radius 1 is 1.15 bits per heavy atom. The number of rotatable bonds is 3. The van der Waals surface area contributed by atoms with E-state index in [0.29, 0.717) is 0 Å². The minimum Gasteiger partial charge on any atom is -0.398 e. The summed E-state index contributed by atoms with van der Waals surface area (Å²) in [7, 11) is 0.810. The van der Waals surface area contributed by atoms with Crippen LogP contribution in [0.3, 0.4) is 0 Å². The minimum atomic E-state index is -1.78. The second kappa shape index (κ2) is 3.84. The molecule has 0 radical (unpaired) electrons. The van der Waals surface area contributed by atoms with Crippen molar-refractivity contribution in [1.82, 2.24) is 0 Å². The third kappa shape index (κ3) is 2.06. The van der Waals surface area contributed by atoms with E-state index in [1.54, 1.807) is 0 Å². The van der Waals surface area contributed by atoms with Gasteiger partial charge in [-0.2, -0.15) is 0 Å². The third-order valence-electron chi connectivity index (χ3n) is 3.29. The normalized spacial score (nSPS) is 27.9. The Morgan fingerprint density at radius 2 is 1.69 bits per heavy atom. The summed E-state index contributed by atoms with van der Waals surface area (Å²) < 4.78 is 11.5. The van der Waals surface area contributed by atoms with E-state index in [1.807, 2.05) is 14.2 Å². The average molecular weight is 218 g/mol. The first-order valence-corrected chi connectivity index (χ1v) is 10.7. The predicted molar refractivity (Wildman–Crippen MR) is 60.9 cm³/mol. The SMILES string of the molecule is CO[Si]1(OC)CCCC1[Si](C)(C)C. The van der Waals surface area contributed by atoms with E-state index in [0.717, 1.165) is 5.16 Å². The van der Waals surface area contributed by atoms with Crippen molar-refractivity contribution in [3.05, 3.63) is 0 Å². The molecule has 0 aromatic rings. The van der Waals surface area contributed by atoms with Gasteiger partial charge < -0.3 is 8.85 Å². The van der Waals surface area contributed by atoms with Crippen LogP contribution in [0.5, 0.6) is 0 Å². The first-order valence-electron chi connectivity index (χ1n) is 5.06. The van der Waals surface area contributed by atoms with Crippen LogP contribution in [-0.2, 0) is 8.85 Å². The van der Waals surface area contributed by atoms with Gasteiger partial charge in [0, 0.05) is 14.2 Å². The zero-order valence-electron chi connectivity index (χ0n) is 9.52. The lowest BCUT2D eigenvalue weighted by atomic mass is 10.4. The van der Waals surface area contributed by atoms with Gasteiger partial charge in [0.1, 0.15) is 0 Å². The van der Waals surface area contributed by atoms with E-state index in [9.17, 15) is 0 Å². The van der Waals surface area contributed by atoms with Crippen molar-refractivity contribution in [3.63, 3.8) is 0 Å². The van der Waals surface area contributed by atoms with Crippen molar-refractivity contribution in [2.75, 3.05) is 14.2 Å². The minimum absolute atomic E-state index is 0.787. The number of hydrogen-bond acceptors (Lipinski definition) is 2. The second-order valence-electron chi connectivity index (χ2n) is 5.03. The fourth-order valence-corrected chi connectivity index (χ4v) is 12.9. The maximum Gasteiger partial charge on any atom is 0.338 e. The van der Waals surface area contributed by atoms with Gasteiger partial charge in [0.15, 0.2) is 0 Å². The van der Waals surface area contributed by atoms with Crippen LogP contribution in [-0.4, -0.2) is 30.9 Å². The van der Waals surface area contributed by atoms with Gasteiger partial charge in [0.05, 0.1) is 8.07 Å². The molecule has 0 aliphatic carbocycles. The summed E-state index contributed by atoms with van der Waals surface area (Å²) in [4.78, 5) is 0. The maximum absolute atomic E-state index is 5.74. The Bertz CT molecular complexity index is 173. The van der Waals surface area contributed by atoms with Gasteiger partial charge >= 0.3 is 8.56 Å². The van der Waals surface area contributed by atoms with Crippen LogP contribution >= 0.6 is 0 Å². The summed E-state index contributed by atoms with van der Waals surface area (Å²) >= 11 is 0. The Kier molecular flexibility index (Phi) is 3.38. The molecular formula is C9H22O2Si2. The highest BCUT2D eigenvalue weighted by molar-refractivity contribution is 6.93. The highest BCUT2D eigenvalue weighted by Crippen LogP contribution is 2.45. The molecule has 1 unspecified atom stereocenters. The first-order chi connectivity index (χ1) is 5.96. The van der Waals surface area contributed by atoms with Crippen LogP contribution < -0.4 is 0 Å². The molecule has 13 heavy (non-hydrogen) atoms. The van der Waals surface area contributed by atoms with Crippen LogP contribution in [0.25, 0.3) is 0 Å². The van der Waals surface area contributed by atoms with Crippen molar-refractivity contribution >= 4 is 16.6 Å². The average Bonchev–Trinajstić information content (AvgIpc) is 2.47. The van der Waals surface area contributed by atoms with E-state index in [4.69, 9.17) is 8.85 Å². The first kappa shape index (κ1) is 11.4. The zero-order chi connectivity index (χ0) is 10.1. The summed E-state index contributed by atoms with van der Waals surface area (Å²) in [5.74, 6) is 0. The van der Waals surface area contributed by atoms with Gasteiger partial charge in [-0.05, 0) is 11.2 Å². The van der Waals surface area contributed by atoms with Crippen molar-refractivity contribution in [2.24, 2.45) is 0 Å². The lowest BCUT2D eigenvalue weighted by Crippen LogP contribution is -2.50. The summed E-state index contributed by atoms with van der Waals surface area (Å²) in [5, 5.41) is 0.787. The molecule has 0 amide bonds. The highest BCUT2D eigenvalue weighted by Gasteiger charge is 2.53. The number of hydrogen-bond donors (Lipinski definition) is 0. The van der Waals surface area contributed by atoms with Crippen molar-refractivity contribution in [2.45, 2.75) is 43.7 Å². The molecule has 4 heteroatoms. The molecule has 1 aliphatic rings. The quantitative estimate of drug-likeness (QED) is 0.678. The molecule has 0 aromatic carbocycles. The van der Waals surface area contributed by atoms with E-state index in [-0.39, 0.29) is 0 Å². The fraction of sp³-hybridized carbons (Fsp3) is 1.00. The summed E-state index contributed by atoms with van der Waals surface area (Å²) in [6, 6.07) is 1.20. The van der Waals surface area contributed by atoms with Gasteiger partial charge in [0.25, 0.3) is 0 Å². The molecule has 78 valence electrons. The standard InChI is InChI=1S/C9H22O2Si2/c1-10-13(11-2)8-6-7-9(13)12(3,4)5/h9H,6-8H2,1-5H3. The molecular weight excluding hydrogens is 196 g/mol. The Morgan fingerprint density at radius 3 is 2.00 bits per heavy atom. The third-order valence-corrected chi connectivity index (χ3v) is 13.4. The molecule has 0 N–H and O–H groups in total. The lowest BCUT2D eigenvalue weighted by Gasteiger charge is -2.36. The van der Waals surface area contributed by atoms with Crippen LogP contribution in [0.2, 0.25) is 30.8 Å². The van der Waals surface area contributed by atoms with Gasteiger partial charge in [-0.3, -0.25) is 0 Å². The van der Waals surface area contributed by atoms with Gasteiger partial charge in [-0.1, -0.05) is 32.5 Å². The molecule has 1 aliphatic heterocycles. The van der Waals surface area contributed by atoms with E-state index >= 15 is 0 Å². The Hall–Kier alpha value is 0.354. The van der Waals surface area contributed by atoms with Crippen molar-refractivity contribution < 1.29 is 8.85 Å². The molecule has 1 heterocycles. The molecule has 0 saturated carbocycles.